The number of methoxy groups -OCH3 is 1. The Balaban J connectivity index is 1.73. The molecule has 1 aliphatic carbocycles. The van der Waals surface area contributed by atoms with E-state index in [0.29, 0.717) is 21.5 Å². The summed E-state index contributed by atoms with van der Waals surface area (Å²) in [7, 11) is 1.52. The number of nitrogens with one attached hydrogen (secondary N) is 1. The SMILES string of the molecule is COc1ccc(Cl)cc1NC(=O)CSc1nc(=O)n(CCO)c2c1CCC2. The molecule has 1 aliphatic rings. The van der Waals surface area contributed by atoms with Gasteiger partial charge in [-0.3, -0.25) is 9.36 Å². The number of thioether (sulfide) groups is 1. The van der Waals surface area contributed by atoms with Crippen molar-refractivity contribution in [3.8, 4) is 5.75 Å². The van der Waals surface area contributed by atoms with E-state index in [1.54, 1.807) is 18.2 Å². The van der Waals surface area contributed by atoms with E-state index in [1.165, 1.54) is 23.4 Å². The first-order valence-corrected chi connectivity index (χ1v) is 9.89. The first-order chi connectivity index (χ1) is 13.0. The molecule has 1 amide bonds. The molecule has 144 valence electrons. The van der Waals surface area contributed by atoms with Gasteiger partial charge in [0.25, 0.3) is 0 Å². The average Bonchev–Trinajstić information content (AvgIpc) is 3.12. The number of nitrogens with zero attached hydrogens (tertiary/aromatic N) is 2. The molecular formula is C18H20ClN3O4S. The van der Waals surface area contributed by atoms with Crippen LogP contribution in [0.1, 0.15) is 17.7 Å². The predicted octanol–water partition coefficient (Wildman–Crippen LogP) is 2.12. The lowest BCUT2D eigenvalue weighted by Crippen LogP contribution is -2.28. The number of benzene rings is 1. The molecule has 0 atom stereocenters. The van der Waals surface area contributed by atoms with Crippen LogP contribution >= 0.6 is 23.4 Å². The molecule has 0 aliphatic heterocycles. The Bertz CT molecular complexity index is 916. The van der Waals surface area contributed by atoms with Gasteiger partial charge in [0.2, 0.25) is 5.91 Å². The third kappa shape index (κ3) is 4.45. The van der Waals surface area contributed by atoms with Crippen LogP contribution in [-0.2, 0) is 24.2 Å². The second-order valence-electron chi connectivity index (χ2n) is 6.04. The number of carbonyl (C=O) groups is 1. The Morgan fingerprint density at radius 3 is 3.00 bits per heavy atom. The van der Waals surface area contributed by atoms with Crippen LogP contribution in [0.25, 0.3) is 0 Å². The molecule has 0 saturated heterocycles. The quantitative estimate of drug-likeness (QED) is 0.537. The monoisotopic (exact) mass is 409 g/mol. The molecule has 27 heavy (non-hydrogen) atoms. The van der Waals surface area contributed by atoms with Gasteiger partial charge in [-0.1, -0.05) is 23.4 Å². The lowest BCUT2D eigenvalue weighted by atomic mass is 10.2. The molecule has 0 radical (unpaired) electrons. The molecule has 1 aromatic carbocycles. The van der Waals surface area contributed by atoms with Gasteiger partial charge in [0.05, 0.1) is 31.7 Å². The van der Waals surface area contributed by atoms with E-state index in [1.807, 2.05) is 0 Å². The van der Waals surface area contributed by atoms with Crippen molar-refractivity contribution in [2.75, 3.05) is 24.8 Å². The van der Waals surface area contributed by atoms with Gasteiger partial charge in [-0.25, -0.2) is 4.79 Å². The predicted molar refractivity (Wildman–Crippen MR) is 105 cm³/mol. The van der Waals surface area contributed by atoms with Crippen LogP contribution in [0.5, 0.6) is 5.75 Å². The van der Waals surface area contributed by atoms with Gasteiger partial charge in [-0.2, -0.15) is 4.98 Å². The Morgan fingerprint density at radius 1 is 1.44 bits per heavy atom. The van der Waals surface area contributed by atoms with Crippen LogP contribution < -0.4 is 15.7 Å². The van der Waals surface area contributed by atoms with Crippen molar-refractivity contribution < 1.29 is 14.6 Å². The average molecular weight is 410 g/mol. The highest BCUT2D eigenvalue weighted by atomic mass is 35.5. The first-order valence-electron chi connectivity index (χ1n) is 8.53. The second-order valence-corrected chi connectivity index (χ2v) is 7.44. The minimum atomic E-state index is -0.385. The third-order valence-electron chi connectivity index (χ3n) is 4.30. The fraction of sp³-hybridized carbons (Fsp3) is 0.389. The molecule has 1 heterocycles. The van der Waals surface area contributed by atoms with Crippen LogP contribution in [0.3, 0.4) is 0 Å². The fourth-order valence-corrected chi connectivity index (χ4v) is 4.18. The van der Waals surface area contributed by atoms with Gasteiger partial charge in [0.1, 0.15) is 10.8 Å². The fourth-order valence-electron chi connectivity index (χ4n) is 3.13. The highest BCUT2D eigenvalue weighted by Gasteiger charge is 2.22. The van der Waals surface area contributed by atoms with E-state index < -0.39 is 0 Å². The van der Waals surface area contributed by atoms with Crippen LogP contribution in [0.2, 0.25) is 5.02 Å². The van der Waals surface area contributed by atoms with Gasteiger partial charge >= 0.3 is 5.69 Å². The zero-order valence-corrected chi connectivity index (χ0v) is 16.4. The molecule has 3 rings (SSSR count). The van der Waals surface area contributed by atoms with Crippen molar-refractivity contribution in [1.29, 1.82) is 0 Å². The first kappa shape index (κ1) is 19.7. The van der Waals surface area contributed by atoms with E-state index in [9.17, 15) is 9.59 Å². The standard InChI is InChI=1S/C18H20ClN3O4S/c1-26-15-6-5-11(19)9-13(15)20-16(24)10-27-17-12-3-2-4-14(12)22(7-8-23)18(25)21-17/h5-6,9,23H,2-4,7-8,10H2,1H3,(H,20,24). The maximum Gasteiger partial charge on any atom is 0.348 e. The number of aromatic nitrogens is 2. The van der Waals surface area contributed by atoms with E-state index in [-0.39, 0.29) is 30.5 Å². The molecule has 2 aromatic rings. The van der Waals surface area contributed by atoms with Crippen molar-refractivity contribution in [2.24, 2.45) is 0 Å². The van der Waals surface area contributed by atoms with E-state index in [0.717, 1.165) is 30.5 Å². The number of anilines is 1. The van der Waals surface area contributed by atoms with Crippen molar-refractivity contribution in [2.45, 2.75) is 30.8 Å². The van der Waals surface area contributed by atoms with Crippen LogP contribution in [-0.4, -0.2) is 40.0 Å². The number of amides is 1. The van der Waals surface area contributed by atoms with Crippen LogP contribution in [0.15, 0.2) is 28.0 Å². The smallest absolute Gasteiger partial charge is 0.348 e. The minimum absolute atomic E-state index is 0.107. The lowest BCUT2D eigenvalue weighted by molar-refractivity contribution is -0.113. The van der Waals surface area contributed by atoms with Crippen LogP contribution in [0, 0.1) is 0 Å². The summed E-state index contributed by atoms with van der Waals surface area (Å²) >= 11 is 7.21. The number of hydrogen-bond donors (Lipinski definition) is 2. The lowest BCUT2D eigenvalue weighted by Gasteiger charge is -2.13. The number of aliphatic hydroxyl groups is 1. The molecule has 0 fully saturated rings. The number of halogens is 1. The van der Waals surface area contributed by atoms with Crippen LogP contribution in [0.4, 0.5) is 5.69 Å². The summed E-state index contributed by atoms with van der Waals surface area (Å²) in [5.41, 5.74) is 2.03. The second kappa shape index (κ2) is 8.77. The number of ether oxygens (including phenoxy) is 1. The van der Waals surface area contributed by atoms with Gasteiger partial charge in [0, 0.05) is 16.3 Å². The summed E-state index contributed by atoms with van der Waals surface area (Å²) in [5, 5.41) is 13.0. The van der Waals surface area contributed by atoms with E-state index in [2.05, 4.69) is 10.3 Å². The molecule has 7 nitrogen and oxygen atoms in total. The highest BCUT2D eigenvalue weighted by molar-refractivity contribution is 8.00. The summed E-state index contributed by atoms with van der Waals surface area (Å²) < 4.78 is 6.75. The van der Waals surface area contributed by atoms with Crippen molar-refractivity contribution in [1.82, 2.24) is 9.55 Å². The maximum absolute atomic E-state index is 12.3. The summed E-state index contributed by atoms with van der Waals surface area (Å²) in [4.78, 5) is 28.7. The molecule has 1 aromatic heterocycles. The Hall–Kier alpha value is -2.03. The summed E-state index contributed by atoms with van der Waals surface area (Å²) in [6.07, 6.45) is 2.54. The summed E-state index contributed by atoms with van der Waals surface area (Å²) in [5.74, 6) is 0.385. The Labute approximate surface area is 165 Å². The van der Waals surface area contributed by atoms with Crippen molar-refractivity contribution >= 4 is 35.0 Å². The Kier molecular flexibility index (Phi) is 6.41. The summed E-state index contributed by atoms with van der Waals surface area (Å²) in [6.45, 7) is 0.137. The largest absolute Gasteiger partial charge is 0.495 e. The molecule has 9 heteroatoms. The molecule has 0 bridgehead atoms. The Morgan fingerprint density at radius 2 is 2.26 bits per heavy atom. The molecule has 0 unspecified atom stereocenters. The molecule has 0 saturated carbocycles. The summed E-state index contributed by atoms with van der Waals surface area (Å²) in [6, 6.07) is 4.98. The molecule has 0 spiro atoms. The maximum atomic E-state index is 12.3. The number of rotatable bonds is 7. The normalized spacial score (nSPS) is 12.7. The number of hydrogen-bond acceptors (Lipinski definition) is 6. The van der Waals surface area contributed by atoms with E-state index in [4.69, 9.17) is 21.4 Å². The number of carbonyl (C=O) groups excluding carboxylic acids is 1. The van der Waals surface area contributed by atoms with Crippen molar-refractivity contribution in [3.63, 3.8) is 0 Å². The van der Waals surface area contributed by atoms with E-state index >= 15 is 0 Å². The van der Waals surface area contributed by atoms with Crippen molar-refractivity contribution in [3.05, 3.63) is 45.0 Å². The highest BCUT2D eigenvalue weighted by Crippen LogP contribution is 2.30. The molecular weight excluding hydrogens is 390 g/mol. The van der Waals surface area contributed by atoms with Gasteiger partial charge in [-0.05, 0) is 37.5 Å². The third-order valence-corrected chi connectivity index (χ3v) is 5.55. The zero-order chi connectivity index (χ0) is 19.4. The topological polar surface area (TPSA) is 93.5 Å². The van der Waals surface area contributed by atoms with Gasteiger partial charge in [-0.15, -0.1) is 0 Å². The number of fused-ring (bicyclic) bond motifs is 1. The van der Waals surface area contributed by atoms with Gasteiger partial charge < -0.3 is 15.2 Å². The number of aliphatic hydroxyl groups excluding tert-OH is 1. The van der Waals surface area contributed by atoms with Gasteiger partial charge in [0.15, 0.2) is 0 Å². The zero-order valence-electron chi connectivity index (χ0n) is 14.8. The molecule has 2 N–H and O–H groups in total. The minimum Gasteiger partial charge on any atom is -0.495 e.